The van der Waals surface area contributed by atoms with E-state index in [0.717, 1.165) is 18.8 Å². The lowest BCUT2D eigenvalue weighted by molar-refractivity contribution is -0.116. The molecule has 1 amide bonds. The van der Waals surface area contributed by atoms with Gasteiger partial charge < -0.3 is 10.2 Å². The van der Waals surface area contributed by atoms with Crippen molar-refractivity contribution in [2.24, 2.45) is 0 Å². The van der Waals surface area contributed by atoms with Gasteiger partial charge in [0.1, 0.15) is 5.69 Å². The molecule has 3 rings (SSSR count). The number of carbonyl (C=O) groups excluding carboxylic acids is 1. The van der Waals surface area contributed by atoms with E-state index in [-0.39, 0.29) is 34.8 Å². The number of aromatic amines is 2. The van der Waals surface area contributed by atoms with E-state index in [9.17, 15) is 9.59 Å². The zero-order valence-electron chi connectivity index (χ0n) is 13.9. The first-order valence-corrected chi connectivity index (χ1v) is 8.85. The Balaban J connectivity index is 1.53. The maximum Gasteiger partial charge on any atom is 0.273 e. The molecule has 1 aromatic heterocycles. The molecule has 0 atom stereocenters. The van der Waals surface area contributed by atoms with Gasteiger partial charge in [0.25, 0.3) is 5.56 Å². The number of rotatable bonds is 5. The van der Waals surface area contributed by atoms with Gasteiger partial charge in [-0.15, -0.1) is 0 Å². The Labute approximate surface area is 150 Å². The lowest BCUT2D eigenvalue weighted by atomic mass is 10.1. The fourth-order valence-corrected chi connectivity index (χ4v) is 3.04. The van der Waals surface area contributed by atoms with Crippen LogP contribution in [0, 0.1) is 4.77 Å². The third-order valence-corrected chi connectivity index (χ3v) is 4.44. The fourth-order valence-electron chi connectivity index (χ4n) is 2.90. The predicted octanol–water partition coefficient (Wildman–Crippen LogP) is 2.39. The summed E-state index contributed by atoms with van der Waals surface area (Å²) in [5.41, 5.74) is 1.85. The first-order valence-electron chi connectivity index (χ1n) is 8.44. The van der Waals surface area contributed by atoms with Crippen LogP contribution in [0.15, 0.2) is 29.1 Å². The van der Waals surface area contributed by atoms with E-state index < -0.39 is 0 Å². The maximum atomic E-state index is 12.1. The lowest BCUT2D eigenvalue weighted by Gasteiger charge is -2.28. The Bertz CT molecular complexity index is 837. The van der Waals surface area contributed by atoms with Crippen molar-refractivity contribution in [3.05, 3.63) is 45.1 Å². The quantitative estimate of drug-likeness (QED) is 0.713. The summed E-state index contributed by atoms with van der Waals surface area (Å²) in [7, 11) is 0. The number of hydrogen-bond donors (Lipinski definition) is 3. The molecule has 0 unspecified atom stereocenters. The molecule has 1 aromatic carbocycles. The number of aromatic nitrogens is 3. The van der Waals surface area contributed by atoms with Gasteiger partial charge in [-0.1, -0.05) is 0 Å². The minimum atomic E-state index is -0.359. The summed E-state index contributed by atoms with van der Waals surface area (Å²) in [5, 5.41) is 9.23. The molecule has 2 heterocycles. The molecule has 0 aliphatic carbocycles. The zero-order valence-corrected chi connectivity index (χ0v) is 14.7. The number of benzene rings is 1. The van der Waals surface area contributed by atoms with E-state index in [1.165, 1.54) is 24.9 Å². The fraction of sp³-hybridized carbons (Fsp3) is 0.412. The number of nitrogens with one attached hydrogen (secondary N) is 3. The molecule has 7 nitrogen and oxygen atoms in total. The van der Waals surface area contributed by atoms with Crippen LogP contribution in [0.25, 0.3) is 0 Å². The Hall–Kier alpha value is -2.48. The average Bonchev–Trinajstić information content (AvgIpc) is 2.62. The van der Waals surface area contributed by atoms with Crippen LogP contribution in [-0.2, 0) is 11.2 Å². The molecule has 1 fully saturated rings. The van der Waals surface area contributed by atoms with Crippen LogP contribution in [0.2, 0.25) is 0 Å². The van der Waals surface area contributed by atoms with Crippen LogP contribution < -0.4 is 15.8 Å². The Morgan fingerprint density at radius 1 is 1.20 bits per heavy atom. The van der Waals surface area contributed by atoms with E-state index in [0.29, 0.717) is 0 Å². The zero-order chi connectivity index (χ0) is 17.6. The third kappa shape index (κ3) is 4.76. The standard InChI is InChI=1S/C17H21N5O2S/c23-15(9-8-14-16(24)19-17(25)21-20-14)18-12-4-6-13(7-5-12)22-10-2-1-3-11-22/h4-7H,1-3,8-11H2,(H,18,23)(H2,19,21,24,25). The van der Waals surface area contributed by atoms with Crippen molar-refractivity contribution < 1.29 is 4.79 Å². The summed E-state index contributed by atoms with van der Waals surface area (Å²) >= 11 is 4.78. The van der Waals surface area contributed by atoms with Crippen LogP contribution >= 0.6 is 12.2 Å². The first kappa shape index (κ1) is 17.3. The Morgan fingerprint density at radius 2 is 1.92 bits per heavy atom. The largest absolute Gasteiger partial charge is 0.372 e. The summed E-state index contributed by atoms with van der Waals surface area (Å²) in [4.78, 5) is 28.5. The monoisotopic (exact) mass is 359 g/mol. The number of aryl methyl sites for hydroxylation is 1. The second-order valence-electron chi connectivity index (χ2n) is 6.10. The molecular formula is C17H21N5O2S. The molecule has 1 aliphatic heterocycles. The highest BCUT2D eigenvalue weighted by atomic mass is 32.1. The van der Waals surface area contributed by atoms with Gasteiger partial charge >= 0.3 is 0 Å². The summed E-state index contributed by atoms with van der Waals surface area (Å²) < 4.78 is 0.173. The molecule has 0 bridgehead atoms. The minimum Gasteiger partial charge on any atom is -0.372 e. The van der Waals surface area contributed by atoms with Crippen molar-refractivity contribution >= 4 is 29.5 Å². The maximum absolute atomic E-state index is 12.1. The number of piperidine rings is 1. The smallest absolute Gasteiger partial charge is 0.273 e. The van der Waals surface area contributed by atoms with Crippen molar-refractivity contribution in [2.45, 2.75) is 32.1 Å². The molecule has 0 saturated carbocycles. The summed E-state index contributed by atoms with van der Waals surface area (Å²) in [6.45, 7) is 2.18. The number of carbonyl (C=O) groups is 1. The lowest BCUT2D eigenvalue weighted by Crippen LogP contribution is -2.29. The molecule has 25 heavy (non-hydrogen) atoms. The Kier molecular flexibility index (Phi) is 5.60. The number of amides is 1. The molecule has 8 heteroatoms. The third-order valence-electron chi connectivity index (χ3n) is 4.24. The molecule has 2 aromatic rings. The van der Waals surface area contributed by atoms with Crippen molar-refractivity contribution in [2.75, 3.05) is 23.3 Å². The van der Waals surface area contributed by atoms with Crippen molar-refractivity contribution in [1.29, 1.82) is 0 Å². The van der Waals surface area contributed by atoms with Gasteiger partial charge in [-0.25, -0.2) is 0 Å². The number of nitrogens with zero attached hydrogens (tertiary/aromatic N) is 2. The Morgan fingerprint density at radius 3 is 2.60 bits per heavy atom. The molecule has 132 valence electrons. The van der Waals surface area contributed by atoms with Crippen molar-refractivity contribution in [1.82, 2.24) is 15.2 Å². The summed E-state index contributed by atoms with van der Waals surface area (Å²) in [6.07, 6.45) is 4.19. The van der Waals surface area contributed by atoms with Crippen LogP contribution in [0.1, 0.15) is 31.4 Å². The van der Waals surface area contributed by atoms with Crippen LogP contribution in [0.5, 0.6) is 0 Å². The predicted molar refractivity (Wildman–Crippen MR) is 99.5 cm³/mol. The van der Waals surface area contributed by atoms with E-state index in [2.05, 4.69) is 25.4 Å². The van der Waals surface area contributed by atoms with Gasteiger partial charge in [0.2, 0.25) is 5.91 Å². The van der Waals surface area contributed by atoms with Crippen molar-refractivity contribution in [3.8, 4) is 0 Å². The van der Waals surface area contributed by atoms with E-state index in [1.807, 2.05) is 24.3 Å². The topological polar surface area (TPSA) is 93.9 Å². The molecule has 3 N–H and O–H groups in total. The molecule has 1 aliphatic rings. The molecule has 0 spiro atoms. The van der Waals surface area contributed by atoms with Crippen LogP contribution in [-0.4, -0.2) is 34.2 Å². The van der Waals surface area contributed by atoms with Gasteiger partial charge in [0, 0.05) is 37.3 Å². The normalized spacial score (nSPS) is 14.3. The number of hydrogen-bond acceptors (Lipinski definition) is 5. The van der Waals surface area contributed by atoms with Gasteiger partial charge in [-0.2, -0.15) is 5.10 Å². The highest BCUT2D eigenvalue weighted by Crippen LogP contribution is 2.21. The van der Waals surface area contributed by atoms with Crippen LogP contribution in [0.4, 0.5) is 11.4 Å². The van der Waals surface area contributed by atoms with E-state index >= 15 is 0 Å². The highest BCUT2D eigenvalue weighted by Gasteiger charge is 2.11. The molecule has 0 radical (unpaired) electrons. The highest BCUT2D eigenvalue weighted by molar-refractivity contribution is 7.71. The number of H-pyrrole nitrogens is 2. The molecule has 1 saturated heterocycles. The van der Waals surface area contributed by atoms with Gasteiger partial charge in [-0.05, 0) is 55.7 Å². The summed E-state index contributed by atoms with van der Waals surface area (Å²) in [5.74, 6) is -0.158. The first-order chi connectivity index (χ1) is 12.1. The molecular weight excluding hydrogens is 338 g/mol. The van der Waals surface area contributed by atoms with Gasteiger partial charge in [-0.3, -0.25) is 19.7 Å². The number of anilines is 2. The average molecular weight is 359 g/mol. The SMILES string of the molecule is O=C(CCc1n[nH]c(=S)[nH]c1=O)Nc1ccc(N2CCCCC2)cc1. The minimum absolute atomic E-state index is 0.158. The van der Waals surface area contributed by atoms with Crippen molar-refractivity contribution in [3.63, 3.8) is 0 Å². The summed E-state index contributed by atoms with van der Waals surface area (Å²) in [6, 6.07) is 7.88. The second kappa shape index (κ2) is 8.06. The van der Waals surface area contributed by atoms with E-state index in [4.69, 9.17) is 12.2 Å². The van der Waals surface area contributed by atoms with E-state index in [1.54, 1.807) is 0 Å². The van der Waals surface area contributed by atoms with Crippen LogP contribution in [0.3, 0.4) is 0 Å². The second-order valence-corrected chi connectivity index (χ2v) is 6.50. The van der Waals surface area contributed by atoms with Gasteiger partial charge in [0.15, 0.2) is 4.77 Å². The van der Waals surface area contributed by atoms with Gasteiger partial charge in [0.05, 0.1) is 0 Å².